The van der Waals surface area contributed by atoms with Crippen molar-refractivity contribution in [3.05, 3.63) is 59.9 Å². The van der Waals surface area contributed by atoms with Crippen LogP contribution in [0.5, 0.6) is 5.75 Å². The van der Waals surface area contributed by atoms with Crippen LogP contribution in [-0.2, 0) is 4.79 Å². The fraction of sp³-hybridized carbons (Fsp3) is 0.381. The van der Waals surface area contributed by atoms with Gasteiger partial charge in [-0.25, -0.2) is 0 Å². The van der Waals surface area contributed by atoms with Crippen molar-refractivity contribution in [1.29, 1.82) is 0 Å². The zero-order valence-electron chi connectivity index (χ0n) is 15.4. The average Bonchev–Trinajstić information content (AvgIpc) is 2.83. The Morgan fingerprint density at radius 3 is 2.81 bits per heavy atom. The van der Waals surface area contributed by atoms with Crippen LogP contribution in [0.15, 0.2) is 48.8 Å². The predicted octanol–water partition coefficient (Wildman–Crippen LogP) is 2.72. The highest BCUT2D eigenvalue weighted by Gasteiger charge is 2.43. The first kappa shape index (κ1) is 17.5. The Morgan fingerprint density at radius 1 is 1.22 bits per heavy atom. The lowest BCUT2D eigenvalue weighted by Crippen LogP contribution is -2.45. The summed E-state index contributed by atoms with van der Waals surface area (Å²) in [6, 6.07) is 11.1. The van der Waals surface area contributed by atoms with Gasteiger partial charge in [0.25, 0.3) is 5.91 Å². The van der Waals surface area contributed by atoms with Crippen LogP contribution in [0.2, 0.25) is 0 Å². The normalized spacial score (nSPS) is 24.7. The summed E-state index contributed by atoms with van der Waals surface area (Å²) in [7, 11) is 1.83. The molecule has 6 nitrogen and oxygen atoms in total. The average molecular weight is 365 g/mol. The molecule has 0 aliphatic carbocycles. The SMILES string of the molecule is CN1CC[C@]2(CCC1=O)C[C@H](NC(=O)c1ccncc1)c1ccccc1O2. The van der Waals surface area contributed by atoms with E-state index in [4.69, 9.17) is 4.74 Å². The van der Waals surface area contributed by atoms with E-state index in [2.05, 4.69) is 10.3 Å². The molecule has 1 saturated heterocycles. The second kappa shape index (κ2) is 7.02. The van der Waals surface area contributed by atoms with E-state index in [-0.39, 0.29) is 17.9 Å². The summed E-state index contributed by atoms with van der Waals surface area (Å²) < 4.78 is 6.41. The number of benzene rings is 1. The number of likely N-dealkylation sites (tertiary alicyclic amines) is 1. The van der Waals surface area contributed by atoms with Crippen molar-refractivity contribution in [3.63, 3.8) is 0 Å². The number of carbonyl (C=O) groups excluding carboxylic acids is 2. The minimum Gasteiger partial charge on any atom is -0.487 e. The Labute approximate surface area is 158 Å². The van der Waals surface area contributed by atoms with Gasteiger partial charge >= 0.3 is 0 Å². The van der Waals surface area contributed by atoms with Crippen LogP contribution in [0.4, 0.5) is 0 Å². The lowest BCUT2D eigenvalue weighted by atomic mass is 9.82. The summed E-state index contributed by atoms with van der Waals surface area (Å²) in [4.78, 5) is 30.6. The molecular weight excluding hydrogens is 342 g/mol. The maximum atomic E-state index is 12.7. The molecule has 1 aromatic carbocycles. The minimum atomic E-state index is -0.440. The fourth-order valence-corrected chi connectivity index (χ4v) is 3.94. The third kappa shape index (κ3) is 3.52. The molecule has 0 unspecified atom stereocenters. The van der Waals surface area contributed by atoms with Gasteiger partial charge in [-0.3, -0.25) is 14.6 Å². The lowest BCUT2D eigenvalue weighted by Gasteiger charge is -2.42. The van der Waals surface area contributed by atoms with Crippen LogP contribution in [0.1, 0.15) is 47.6 Å². The first-order valence-corrected chi connectivity index (χ1v) is 9.29. The Hall–Kier alpha value is -2.89. The smallest absolute Gasteiger partial charge is 0.251 e. The summed E-state index contributed by atoms with van der Waals surface area (Å²) in [6.45, 7) is 0.659. The Bertz CT molecular complexity index is 855. The maximum Gasteiger partial charge on any atom is 0.251 e. The standard InChI is InChI=1S/C21H23N3O3/c1-24-13-10-21(9-6-19(24)25)14-17(16-4-2-3-5-18(16)27-21)23-20(26)15-7-11-22-12-8-15/h2-5,7-8,11-12,17H,6,9-10,13-14H2,1H3,(H,23,26)/t17-,21+/m0/s1. The van der Waals surface area contributed by atoms with Crippen molar-refractivity contribution in [1.82, 2.24) is 15.2 Å². The number of fused-ring (bicyclic) bond motifs is 1. The number of rotatable bonds is 2. The van der Waals surface area contributed by atoms with Crippen LogP contribution in [0, 0.1) is 0 Å². The number of nitrogens with one attached hydrogen (secondary N) is 1. The van der Waals surface area contributed by atoms with E-state index in [0.29, 0.717) is 31.4 Å². The summed E-state index contributed by atoms with van der Waals surface area (Å²) in [5.41, 5.74) is 1.12. The number of nitrogens with zero attached hydrogens (tertiary/aromatic N) is 2. The van der Waals surface area contributed by atoms with Gasteiger partial charge < -0.3 is 15.0 Å². The highest BCUT2D eigenvalue weighted by molar-refractivity contribution is 5.94. The fourth-order valence-electron chi connectivity index (χ4n) is 3.94. The largest absolute Gasteiger partial charge is 0.487 e. The molecule has 27 heavy (non-hydrogen) atoms. The number of hydrogen-bond acceptors (Lipinski definition) is 4. The second-order valence-electron chi connectivity index (χ2n) is 7.35. The van der Waals surface area contributed by atoms with Crippen LogP contribution in [-0.4, -0.2) is 40.9 Å². The van der Waals surface area contributed by atoms with Gasteiger partial charge in [0, 0.05) is 56.4 Å². The van der Waals surface area contributed by atoms with Crippen LogP contribution >= 0.6 is 0 Å². The number of amides is 2. The van der Waals surface area contributed by atoms with E-state index in [9.17, 15) is 9.59 Å². The molecule has 1 aromatic heterocycles. The van der Waals surface area contributed by atoms with Gasteiger partial charge in [0.15, 0.2) is 0 Å². The van der Waals surface area contributed by atoms with Crippen molar-refractivity contribution >= 4 is 11.8 Å². The highest BCUT2D eigenvalue weighted by Crippen LogP contribution is 2.44. The molecule has 3 heterocycles. The topological polar surface area (TPSA) is 71.5 Å². The summed E-state index contributed by atoms with van der Waals surface area (Å²) in [6.07, 6.45) is 5.76. The first-order chi connectivity index (χ1) is 13.1. The molecule has 4 rings (SSSR count). The van der Waals surface area contributed by atoms with Gasteiger partial charge in [0.1, 0.15) is 11.4 Å². The molecule has 2 aliphatic rings. The van der Waals surface area contributed by atoms with Crippen molar-refractivity contribution in [2.45, 2.75) is 37.3 Å². The highest BCUT2D eigenvalue weighted by atomic mass is 16.5. The van der Waals surface area contributed by atoms with E-state index >= 15 is 0 Å². The zero-order chi connectivity index (χ0) is 18.9. The molecule has 0 bridgehead atoms. The van der Waals surface area contributed by atoms with Crippen molar-refractivity contribution < 1.29 is 14.3 Å². The number of carbonyl (C=O) groups is 2. The summed E-state index contributed by atoms with van der Waals surface area (Å²) >= 11 is 0. The molecule has 2 aliphatic heterocycles. The summed E-state index contributed by atoms with van der Waals surface area (Å²) in [5, 5.41) is 3.16. The number of ether oxygens (including phenoxy) is 1. The van der Waals surface area contributed by atoms with Crippen molar-refractivity contribution in [2.24, 2.45) is 0 Å². The van der Waals surface area contributed by atoms with Gasteiger partial charge in [-0.05, 0) is 24.6 Å². The summed E-state index contributed by atoms with van der Waals surface area (Å²) in [5.74, 6) is 0.809. The van der Waals surface area contributed by atoms with Gasteiger partial charge in [0.05, 0.1) is 6.04 Å². The Kier molecular flexibility index (Phi) is 4.56. The van der Waals surface area contributed by atoms with E-state index in [1.54, 1.807) is 29.4 Å². The third-order valence-corrected chi connectivity index (χ3v) is 5.57. The van der Waals surface area contributed by atoms with Crippen molar-refractivity contribution in [3.8, 4) is 5.75 Å². The minimum absolute atomic E-state index is 0.129. The van der Waals surface area contributed by atoms with Crippen LogP contribution in [0.3, 0.4) is 0 Å². The maximum absolute atomic E-state index is 12.7. The Balaban J connectivity index is 1.62. The molecule has 2 amide bonds. The molecule has 6 heteroatoms. The zero-order valence-corrected chi connectivity index (χ0v) is 15.4. The molecule has 2 atom stereocenters. The molecule has 2 aromatic rings. The lowest BCUT2D eigenvalue weighted by molar-refractivity contribution is -0.129. The number of aromatic nitrogens is 1. The van der Waals surface area contributed by atoms with Gasteiger partial charge in [0.2, 0.25) is 5.91 Å². The Morgan fingerprint density at radius 2 is 2.00 bits per heavy atom. The first-order valence-electron chi connectivity index (χ1n) is 9.29. The van der Waals surface area contributed by atoms with E-state index in [1.165, 1.54) is 0 Å². The van der Waals surface area contributed by atoms with Crippen LogP contribution in [0.25, 0.3) is 0 Å². The van der Waals surface area contributed by atoms with Gasteiger partial charge in [-0.1, -0.05) is 18.2 Å². The monoisotopic (exact) mass is 365 g/mol. The second-order valence-corrected chi connectivity index (χ2v) is 7.35. The molecule has 140 valence electrons. The molecule has 1 N–H and O–H groups in total. The molecule has 0 radical (unpaired) electrons. The van der Waals surface area contributed by atoms with E-state index in [0.717, 1.165) is 17.7 Å². The third-order valence-electron chi connectivity index (χ3n) is 5.57. The van der Waals surface area contributed by atoms with Gasteiger partial charge in [-0.2, -0.15) is 0 Å². The molecule has 1 fully saturated rings. The number of hydrogen-bond donors (Lipinski definition) is 1. The number of para-hydroxylation sites is 1. The molecule has 0 saturated carbocycles. The molecular formula is C21H23N3O3. The quantitative estimate of drug-likeness (QED) is 0.888. The predicted molar refractivity (Wildman–Crippen MR) is 100 cm³/mol. The molecule has 1 spiro atoms. The van der Waals surface area contributed by atoms with E-state index < -0.39 is 5.60 Å². The number of pyridine rings is 1. The van der Waals surface area contributed by atoms with Crippen LogP contribution < -0.4 is 10.1 Å². The van der Waals surface area contributed by atoms with Crippen molar-refractivity contribution in [2.75, 3.05) is 13.6 Å². The van der Waals surface area contributed by atoms with Gasteiger partial charge in [-0.15, -0.1) is 0 Å². The van der Waals surface area contributed by atoms with E-state index in [1.807, 2.05) is 31.3 Å².